The molecule has 3 rings (SSSR count). The van der Waals surface area contributed by atoms with E-state index in [1.165, 1.54) is 12.8 Å². The van der Waals surface area contributed by atoms with Gasteiger partial charge in [0.15, 0.2) is 0 Å². The van der Waals surface area contributed by atoms with Crippen LogP contribution in [0.15, 0.2) is 42.5 Å². The number of rotatable bonds is 3. The van der Waals surface area contributed by atoms with Gasteiger partial charge in [-0.1, -0.05) is 29.3 Å². The molecule has 0 atom stereocenters. The summed E-state index contributed by atoms with van der Waals surface area (Å²) in [5, 5.41) is 3.63. The highest BCUT2D eigenvalue weighted by atomic mass is 35.5. The molecule has 1 saturated heterocycles. The van der Waals surface area contributed by atoms with Crippen molar-refractivity contribution in [2.75, 3.05) is 23.3 Å². The molecule has 0 spiro atoms. The van der Waals surface area contributed by atoms with E-state index in [1.54, 1.807) is 0 Å². The molecule has 1 heterocycles. The molecule has 1 aliphatic heterocycles. The summed E-state index contributed by atoms with van der Waals surface area (Å²) in [6, 6.07) is 13.2. The first kappa shape index (κ1) is 14.9. The van der Waals surface area contributed by atoms with Crippen LogP contribution in [-0.2, 0) is 0 Å². The van der Waals surface area contributed by atoms with Crippen LogP contribution in [-0.4, -0.2) is 19.0 Å². The van der Waals surface area contributed by atoms with E-state index in [2.05, 4.69) is 10.2 Å². The van der Waals surface area contributed by atoms with Crippen molar-refractivity contribution in [2.45, 2.75) is 19.8 Å². The molecular formula is C18H19ClN2O. The van der Waals surface area contributed by atoms with Gasteiger partial charge in [-0.2, -0.15) is 0 Å². The Morgan fingerprint density at radius 3 is 2.45 bits per heavy atom. The number of amides is 1. The largest absolute Gasteiger partial charge is 0.370 e. The number of hydrogen-bond acceptors (Lipinski definition) is 2. The topological polar surface area (TPSA) is 32.3 Å². The van der Waals surface area contributed by atoms with E-state index >= 15 is 0 Å². The van der Waals surface area contributed by atoms with Gasteiger partial charge in [-0.15, -0.1) is 0 Å². The Morgan fingerprint density at radius 1 is 1.09 bits per heavy atom. The lowest BCUT2D eigenvalue weighted by atomic mass is 10.1. The molecule has 2 aromatic rings. The molecule has 2 aromatic carbocycles. The molecule has 0 bridgehead atoms. The van der Waals surface area contributed by atoms with Crippen LogP contribution in [0.2, 0.25) is 5.02 Å². The first-order valence-electron chi connectivity index (χ1n) is 7.56. The Morgan fingerprint density at radius 2 is 1.77 bits per heavy atom. The fourth-order valence-corrected chi connectivity index (χ4v) is 2.91. The predicted molar refractivity (Wildman–Crippen MR) is 92.0 cm³/mol. The minimum absolute atomic E-state index is 0.109. The zero-order valence-electron chi connectivity index (χ0n) is 12.6. The molecular weight excluding hydrogens is 296 g/mol. The number of carbonyl (C=O) groups is 1. The Balaban J connectivity index is 1.85. The zero-order valence-corrected chi connectivity index (χ0v) is 13.4. The van der Waals surface area contributed by atoms with E-state index in [-0.39, 0.29) is 5.91 Å². The zero-order chi connectivity index (χ0) is 15.5. The van der Waals surface area contributed by atoms with Gasteiger partial charge in [0.25, 0.3) is 5.91 Å². The third kappa shape index (κ3) is 3.25. The van der Waals surface area contributed by atoms with Crippen LogP contribution >= 0.6 is 11.6 Å². The van der Waals surface area contributed by atoms with Gasteiger partial charge in [-0.05, 0) is 50.1 Å². The summed E-state index contributed by atoms with van der Waals surface area (Å²) in [5.41, 5.74) is 3.61. The number of anilines is 2. The van der Waals surface area contributed by atoms with Gasteiger partial charge in [0.1, 0.15) is 0 Å². The predicted octanol–water partition coefficient (Wildman–Crippen LogP) is 4.50. The van der Waals surface area contributed by atoms with E-state index in [4.69, 9.17) is 11.6 Å². The smallest absolute Gasteiger partial charge is 0.255 e. The number of carbonyl (C=O) groups excluding carboxylic acids is 1. The van der Waals surface area contributed by atoms with Crippen LogP contribution < -0.4 is 10.2 Å². The Kier molecular flexibility index (Phi) is 4.34. The van der Waals surface area contributed by atoms with Gasteiger partial charge in [-0.25, -0.2) is 0 Å². The molecule has 114 valence electrons. The van der Waals surface area contributed by atoms with E-state index in [9.17, 15) is 4.79 Å². The fraction of sp³-hybridized carbons (Fsp3) is 0.278. The molecule has 1 N–H and O–H groups in total. The average Bonchev–Trinajstić information content (AvgIpc) is 3.02. The van der Waals surface area contributed by atoms with Crippen molar-refractivity contribution in [1.29, 1.82) is 0 Å². The number of nitrogens with one attached hydrogen (secondary N) is 1. The molecule has 0 unspecified atom stereocenters. The summed E-state index contributed by atoms with van der Waals surface area (Å²) < 4.78 is 0. The number of benzene rings is 2. The first-order valence-corrected chi connectivity index (χ1v) is 7.94. The van der Waals surface area contributed by atoms with Crippen molar-refractivity contribution in [3.63, 3.8) is 0 Å². The van der Waals surface area contributed by atoms with Crippen molar-refractivity contribution in [3.8, 4) is 0 Å². The number of hydrogen-bond donors (Lipinski definition) is 1. The van der Waals surface area contributed by atoms with Gasteiger partial charge in [-0.3, -0.25) is 4.79 Å². The van der Waals surface area contributed by atoms with Gasteiger partial charge in [0.05, 0.1) is 11.4 Å². The molecule has 3 nitrogen and oxygen atoms in total. The molecule has 0 radical (unpaired) electrons. The van der Waals surface area contributed by atoms with Crippen LogP contribution in [0.5, 0.6) is 0 Å². The van der Waals surface area contributed by atoms with Gasteiger partial charge >= 0.3 is 0 Å². The maximum atomic E-state index is 12.4. The van der Waals surface area contributed by atoms with Gasteiger partial charge in [0.2, 0.25) is 0 Å². The standard InChI is InChI=1S/C18H19ClN2O/c1-13-4-6-14(7-5-13)18(22)20-16-12-15(19)8-9-17(16)21-10-2-3-11-21/h4-9,12H,2-3,10-11H2,1H3,(H,20,22). The minimum atomic E-state index is -0.109. The maximum Gasteiger partial charge on any atom is 0.255 e. The van der Waals surface area contributed by atoms with Crippen molar-refractivity contribution < 1.29 is 4.79 Å². The Labute approximate surface area is 135 Å². The minimum Gasteiger partial charge on any atom is -0.370 e. The first-order chi connectivity index (χ1) is 10.6. The summed E-state index contributed by atoms with van der Waals surface area (Å²) in [4.78, 5) is 14.7. The number of aryl methyl sites for hydroxylation is 1. The molecule has 0 saturated carbocycles. The lowest BCUT2D eigenvalue weighted by Gasteiger charge is -2.22. The summed E-state index contributed by atoms with van der Waals surface area (Å²) in [7, 11) is 0. The second-order valence-electron chi connectivity index (χ2n) is 5.68. The van der Waals surface area contributed by atoms with Crippen LogP contribution in [0.25, 0.3) is 0 Å². The fourth-order valence-electron chi connectivity index (χ4n) is 2.74. The summed E-state index contributed by atoms with van der Waals surface area (Å²) in [6.07, 6.45) is 2.38. The van der Waals surface area contributed by atoms with E-state index in [1.807, 2.05) is 49.4 Å². The summed E-state index contributed by atoms with van der Waals surface area (Å²) >= 11 is 6.10. The molecule has 1 amide bonds. The summed E-state index contributed by atoms with van der Waals surface area (Å²) in [5.74, 6) is -0.109. The van der Waals surface area contributed by atoms with Crippen molar-refractivity contribution in [2.24, 2.45) is 0 Å². The highest BCUT2D eigenvalue weighted by molar-refractivity contribution is 6.31. The number of halogens is 1. The second kappa shape index (κ2) is 6.41. The second-order valence-corrected chi connectivity index (χ2v) is 6.11. The maximum absolute atomic E-state index is 12.4. The molecule has 1 aliphatic rings. The van der Waals surface area contributed by atoms with Crippen LogP contribution in [0, 0.1) is 6.92 Å². The SMILES string of the molecule is Cc1ccc(C(=O)Nc2cc(Cl)ccc2N2CCCC2)cc1. The third-order valence-corrected chi connectivity index (χ3v) is 4.20. The summed E-state index contributed by atoms with van der Waals surface area (Å²) in [6.45, 7) is 4.05. The van der Waals surface area contributed by atoms with Crippen LogP contribution in [0.1, 0.15) is 28.8 Å². The molecule has 1 fully saturated rings. The van der Waals surface area contributed by atoms with Crippen molar-refractivity contribution in [3.05, 3.63) is 58.6 Å². The molecule has 4 heteroatoms. The number of nitrogens with zero attached hydrogens (tertiary/aromatic N) is 1. The third-order valence-electron chi connectivity index (χ3n) is 3.97. The monoisotopic (exact) mass is 314 g/mol. The van der Waals surface area contributed by atoms with Gasteiger partial charge in [0, 0.05) is 23.7 Å². The van der Waals surface area contributed by atoms with E-state index in [0.717, 1.165) is 30.0 Å². The molecule has 0 aliphatic carbocycles. The highest BCUT2D eigenvalue weighted by Gasteiger charge is 2.17. The molecule has 22 heavy (non-hydrogen) atoms. The van der Waals surface area contributed by atoms with E-state index < -0.39 is 0 Å². The molecule has 0 aromatic heterocycles. The normalized spacial score (nSPS) is 14.2. The Hall–Kier alpha value is -2.00. The quantitative estimate of drug-likeness (QED) is 0.904. The highest BCUT2D eigenvalue weighted by Crippen LogP contribution is 2.31. The van der Waals surface area contributed by atoms with E-state index in [0.29, 0.717) is 10.6 Å². The van der Waals surface area contributed by atoms with Gasteiger partial charge < -0.3 is 10.2 Å². The lowest BCUT2D eigenvalue weighted by Crippen LogP contribution is -2.21. The Bertz CT molecular complexity index is 676. The van der Waals surface area contributed by atoms with Crippen LogP contribution in [0.4, 0.5) is 11.4 Å². The van der Waals surface area contributed by atoms with Crippen molar-refractivity contribution in [1.82, 2.24) is 0 Å². The van der Waals surface area contributed by atoms with Crippen molar-refractivity contribution >= 4 is 28.9 Å². The average molecular weight is 315 g/mol. The van der Waals surface area contributed by atoms with Crippen LogP contribution in [0.3, 0.4) is 0 Å². The lowest BCUT2D eigenvalue weighted by molar-refractivity contribution is 0.102.